The van der Waals surface area contributed by atoms with Crippen LogP contribution in [0, 0.1) is 5.21 Å². The molecule has 0 fully saturated rings. The Balaban J connectivity index is 2.59. The van der Waals surface area contributed by atoms with Crippen LogP contribution in [0.3, 0.4) is 0 Å². The van der Waals surface area contributed by atoms with Crippen LogP contribution < -0.4 is 9.47 Å². The summed E-state index contributed by atoms with van der Waals surface area (Å²) in [4.78, 5) is 0. The minimum absolute atomic E-state index is 0.113. The SMILES string of the molecule is Cn1nc(C(F)(F)F)c(CS(=O)(=O)c2ccc(Cl)c[n+]2[O-])c1OC(F)F. The smallest absolute Gasteiger partial charge is 0.435 e. The van der Waals surface area contributed by atoms with Gasteiger partial charge in [-0.25, -0.2) is 13.1 Å². The summed E-state index contributed by atoms with van der Waals surface area (Å²) in [6.45, 7) is -3.52. The quantitative estimate of drug-likeness (QED) is 0.420. The summed E-state index contributed by atoms with van der Waals surface area (Å²) in [6, 6.07) is 1.81. The standard InChI is InChI=1S/C12H9ClF5N3O4S/c1-20-10(25-11(14)15)7(9(19-20)12(16,17)18)5-26(23,24)8-3-2-6(13)4-21(8)22/h2-4,11H,5H2,1H3. The highest BCUT2D eigenvalue weighted by atomic mass is 35.5. The molecule has 0 saturated carbocycles. The van der Waals surface area contributed by atoms with Crippen LogP contribution in [0.1, 0.15) is 11.3 Å². The first kappa shape index (κ1) is 20.2. The summed E-state index contributed by atoms with van der Waals surface area (Å²) < 4.78 is 93.1. The lowest BCUT2D eigenvalue weighted by molar-refractivity contribution is -0.646. The molecule has 144 valence electrons. The lowest BCUT2D eigenvalue weighted by Gasteiger charge is -2.10. The molecule has 0 saturated heterocycles. The Morgan fingerprint density at radius 1 is 1.38 bits per heavy atom. The van der Waals surface area contributed by atoms with Gasteiger partial charge in [-0.3, -0.25) is 0 Å². The predicted molar refractivity (Wildman–Crippen MR) is 76.1 cm³/mol. The molecule has 26 heavy (non-hydrogen) atoms. The molecule has 2 heterocycles. The minimum Gasteiger partial charge on any atom is -0.618 e. The van der Waals surface area contributed by atoms with E-state index in [-0.39, 0.29) is 9.75 Å². The molecule has 0 radical (unpaired) electrons. The van der Waals surface area contributed by atoms with E-state index in [2.05, 4.69) is 9.84 Å². The average Bonchev–Trinajstić information content (AvgIpc) is 2.74. The molecule has 7 nitrogen and oxygen atoms in total. The highest BCUT2D eigenvalue weighted by Gasteiger charge is 2.42. The fourth-order valence-corrected chi connectivity index (χ4v) is 3.63. The second-order valence-corrected chi connectivity index (χ2v) is 7.28. The monoisotopic (exact) mass is 421 g/mol. The molecule has 2 rings (SSSR count). The van der Waals surface area contributed by atoms with Crippen molar-refractivity contribution in [2.75, 3.05) is 0 Å². The first-order valence-electron chi connectivity index (χ1n) is 6.52. The highest BCUT2D eigenvalue weighted by molar-refractivity contribution is 7.90. The molecule has 0 amide bonds. The molecular formula is C12H9ClF5N3O4S. The summed E-state index contributed by atoms with van der Waals surface area (Å²) >= 11 is 5.52. The number of hydrogen-bond donors (Lipinski definition) is 0. The number of aryl methyl sites for hydroxylation is 1. The zero-order valence-electron chi connectivity index (χ0n) is 12.7. The summed E-state index contributed by atoms with van der Waals surface area (Å²) in [6.07, 6.45) is -4.46. The second-order valence-electron chi connectivity index (χ2n) is 4.90. The molecule has 0 aromatic carbocycles. The van der Waals surface area contributed by atoms with Crippen LogP contribution in [0.15, 0.2) is 23.4 Å². The average molecular weight is 422 g/mol. The molecule has 0 aliphatic rings. The van der Waals surface area contributed by atoms with E-state index in [1.165, 1.54) is 0 Å². The summed E-state index contributed by atoms with van der Waals surface area (Å²) in [5, 5.41) is 13.7. The maximum absolute atomic E-state index is 13.1. The molecule has 0 N–H and O–H groups in total. The van der Waals surface area contributed by atoms with Crippen molar-refractivity contribution in [1.29, 1.82) is 0 Å². The van der Waals surface area contributed by atoms with Gasteiger partial charge in [-0.15, -0.1) is 0 Å². The number of ether oxygens (including phenoxy) is 1. The van der Waals surface area contributed by atoms with Gasteiger partial charge in [0.15, 0.2) is 11.9 Å². The van der Waals surface area contributed by atoms with Gasteiger partial charge in [-0.1, -0.05) is 11.6 Å². The molecule has 2 aromatic rings. The van der Waals surface area contributed by atoms with Crippen molar-refractivity contribution in [3.8, 4) is 5.88 Å². The van der Waals surface area contributed by atoms with Crippen LogP contribution in [-0.2, 0) is 28.8 Å². The van der Waals surface area contributed by atoms with Gasteiger partial charge in [0.2, 0.25) is 15.7 Å². The Morgan fingerprint density at radius 3 is 2.50 bits per heavy atom. The molecule has 0 aliphatic carbocycles. The summed E-state index contributed by atoms with van der Waals surface area (Å²) in [5.74, 6) is -2.52. The number of alkyl halides is 5. The first-order chi connectivity index (χ1) is 11.8. The third-order valence-corrected chi connectivity index (χ3v) is 4.90. The Morgan fingerprint density at radius 2 is 2.00 bits per heavy atom. The molecule has 0 atom stereocenters. The van der Waals surface area contributed by atoms with Gasteiger partial charge in [-0.2, -0.15) is 31.8 Å². The maximum Gasteiger partial charge on any atom is 0.435 e. The summed E-state index contributed by atoms with van der Waals surface area (Å²) in [7, 11) is -3.80. The minimum atomic E-state index is -5.14. The van der Waals surface area contributed by atoms with E-state index < -0.39 is 50.5 Å². The van der Waals surface area contributed by atoms with Crippen LogP contribution in [0.2, 0.25) is 5.02 Å². The number of aromatic nitrogens is 3. The molecule has 2 aromatic heterocycles. The van der Waals surface area contributed by atoms with Gasteiger partial charge >= 0.3 is 17.8 Å². The lowest BCUT2D eigenvalue weighted by atomic mass is 10.2. The Kier molecular flexibility index (Phi) is 5.33. The number of nitrogens with zero attached hydrogens (tertiary/aromatic N) is 3. The van der Waals surface area contributed by atoms with E-state index in [1.54, 1.807) is 0 Å². The van der Waals surface area contributed by atoms with E-state index in [0.29, 0.717) is 10.9 Å². The maximum atomic E-state index is 13.1. The van der Waals surface area contributed by atoms with Gasteiger partial charge in [-0.05, 0) is 6.07 Å². The zero-order chi connectivity index (χ0) is 19.9. The molecule has 14 heteroatoms. The Labute approximate surface area is 148 Å². The van der Waals surface area contributed by atoms with E-state index >= 15 is 0 Å². The number of hydrogen-bond acceptors (Lipinski definition) is 5. The molecular weight excluding hydrogens is 413 g/mol. The van der Waals surface area contributed by atoms with Crippen molar-refractivity contribution in [3.63, 3.8) is 0 Å². The first-order valence-corrected chi connectivity index (χ1v) is 8.55. The van der Waals surface area contributed by atoms with Gasteiger partial charge in [0, 0.05) is 13.1 Å². The van der Waals surface area contributed by atoms with Gasteiger partial charge in [0.25, 0.3) is 0 Å². The van der Waals surface area contributed by atoms with Crippen molar-refractivity contribution in [3.05, 3.63) is 39.8 Å². The van der Waals surface area contributed by atoms with Crippen molar-refractivity contribution in [2.24, 2.45) is 7.05 Å². The molecule has 0 aliphatic heterocycles. The van der Waals surface area contributed by atoms with E-state index in [4.69, 9.17) is 11.6 Å². The van der Waals surface area contributed by atoms with Crippen LogP contribution >= 0.6 is 11.6 Å². The normalized spacial score (nSPS) is 12.6. The van der Waals surface area contributed by atoms with Crippen LogP contribution in [0.5, 0.6) is 5.88 Å². The zero-order valence-corrected chi connectivity index (χ0v) is 14.2. The summed E-state index contributed by atoms with van der Waals surface area (Å²) in [5.41, 5.74) is -2.86. The van der Waals surface area contributed by atoms with E-state index in [1.807, 2.05) is 0 Å². The lowest BCUT2D eigenvalue weighted by Crippen LogP contribution is -2.34. The van der Waals surface area contributed by atoms with E-state index in [9.17, 15) is 35.6 Å². The van der Waals surface area contributed by atoms with Crippen molar-refractivity contribution in [1.82, 2.24) is 9.78 Å². The number of sulfone groups is 1. The van der Waals surface area contributed by atoms with Crippen molar-refractivity contribution >= 4 is 21.4 Å². The van der Waals surface area contributed by atoms with Crippen molar-refractivity contribution in [2.45, 2.75) is 23.6 Å². The van der Waals surface area contributed by atoms with Gasteiger partial charge in [0.1, 0.15) is 5.02 Å². The highest BCUT2D eigenvalue weighted by Crippen LogP contribution is 2.37. The van der Waals surface area contributed by atoms with Crippen LogP contribution in [0.4, 0.5) is 22.0 Å². The van der Waals surface area contributed by atoms with Crippen molar-refractivity contribution < 1.29 is 39.8 Å². The second kappa shape index (κ2) is 6.87. The number of halogens is 6. The fraction of sp³-hybridized carbons (Fsp3) is 0.333. The predicted octanol–water partition coefficient (Wildman–Crippen LogP) is 2.30. The number of pyridine rings is 1. The Bertz CT molecular complexity index is 930. The third-order valence-electron chi connectivity index (χ3n) is 3.05. The largest absolute Gasteiger partial charge is 0.618 e. The van der Waals surface area contributed by atoms with E-state index in [0.717, 1.165) is 19.2 Å². The molecule has 0 unspecified atom stereocenters. The third kappa shape index (κ3) is 4.15. The number of rotatable bonds is 5. The van der Waals surface area contributed by atoms with Gasteiger partial charge in [0.05, 0.1) is 11.3 Å². The molecule has 0 spiro atoms. The Hall–Kier alpha value is -2.15. The fourth-order valence-electron chi connectivity index (χ4n) is 2.09. The van der Waals surface area contributed by atoms with Crippen LogP contribution in [0.25, 0.3) is 0 Å². The van der Waals surface area contributed by atoms with Gasteiger partial charge < -0.3 is 9.94 Å². The topological polar surface area (TPSA) is 88.1 Å². The molecule has 0 bridgehead atoms. The van der Waals surface area contributed by atoms with Crippen LogP contribution in [-0.4, -0.2) is 24.8 Å².